The van der Waals surface area contributed by atoms with E-state index in [1.165, 1.54) is 6.33 Å². The lowest BCUT2D eigenvalue weighted by Crippen LogP contribution is -2.44. The molecule has 0 atom stereocenters. The Morgan fingerprint density at radius 3 is 2.48 bits per heavy atom. The topological polar surface area (TPSA) is 75.2 Å². The third-order valence-electron chi connectivity index (χ3n) is 5.02. The maximum atomic E-state index is 12.8. The summed E-state index contributed by atoms with van der Waals surface area (Å²) in [5.41, 5.74) is 0.0979. The number of nitrogens with one attached hydrogen (secondary N) is 1. The summed E-state index contributed by atoms with van der Waals surface area (Å²) >= 11 is 6.23. The van der Waals surface area contributed by atoms with Gasteiger partial charge in [-0.15, -0.1) is 6.42 Å². The second-order valence-electron chi connectivity index (χ2n) is 7.58. The van der Waals surface area contributed by atoms with Crippen molar-refractivity contribution < 1.29 is 9.59 Å². The normalized spacial score (nSPS) is 14.9. The van der Waals surface area contributed by atoms with Crippen LogP contribution in [0.25, 0.3) is 0 Å². The fraction of sp³-hybridized carbons (Fsp3) is 0.364. The molecule has 1 aliphatic rings. The van der Waals surface area contributed by atoms with E-state index in [1.54, 1.807) is 13.8 Å². The number of carbonyl (C=O) groups is 2. The van der Waals surface area contributed by atoms with Gasteiger partial charge in [0, 0.05) is 24.6 Å². The van der Waals surface area contributed by atoms with Gasteiger partial charge in [0.15, 0.2) is 5.78 Å². The van der Waals surface area contributed by atoms with Crippen LogP contribution in [0.2, 0.25) is 5.15 Å². The van der Waals surface area contributed by atoms with Gasteiger partial charge in [0.1, 0.15) is 22.9 Å². The van der Waals surface area contributed by atoms with Crippen LogP contribution in [-0.4, -0.2) is 40.3 Å². The van der Waals surface area contributed by atoms with Gasteiger partial charge < -0.3 is 10.2 Å². The van der Waals surface area contributed by atoms with Crippen molar-refractivity contribution in [2.75, 3.05) is 18.0 Å². The summed E-state index contributed by atoms with van der Waals surface area (Å²) in [4.78, 5) is 35.8. The SMILES string of the molecule is C#CC(C)(C)NC(=O)c1c(Cl)ncnc1N1CCC(C(=O)c2ccccc2)CC1. The van der Waals surface area contributed by atoms with Crippen LogP contribution in [0.1, 0.15) is 47.4 Å². The van der Waals surface area contributed by atoms with Crippen molar-refractivity contribution in [3.05, 3.63) is 52.9 Å². The number of hydrogen-bond acceptors (Lipinski definition) is 5. The molecule has 1 aromatic carbocycles. The molecule has 1 aliphatic heterocycles. The number of aromatic nitrogens is 2. The van der Waals surface area contributed by atoms with E-state index in [0.717, 1.165) is 5.56 Å². The van der Waals surface area contributed by atoms with Gasteiger partial charge in [0.2, 0.25) is 0 Å². The first-order valence-electron chi connectivity index (χ1n) is 9.47. The third-order valence-corrected chi connectivity index (χ3v) is 5.31. The number of amides is 1. The molecule has 1 aromatic heterocycles. The molecule has 7 heteroatoms. The van der Waals surface area contributed by atoms with E-state index in [4.69, 9.17) is 18.0 Å². The first-order chi connectivity index (χ1) is 13.8. The lowest BCUT2D eigenvalue weighted by Gasteiger charge is -2.33. The standard InChI is InChI=1S/C22H23ClN4O2/c1-4-22(2,3)26-21(29)17-19(23)24-14-25-20(17)27-12-10-16(11-13-27)18(28)15-8-6-5-7-9-15/h1,5-9,14,16H,10-13H2,2-3H3,(H,26,29). The average Bonchev–Trinajstić information content (AvgIpc) is 2.73. The molecule has 3 rings (SSSR count). The zero-order chi connectivity index (χ0) is 21.0. The molecule has 0 bridgehead atoms. The number of benzene rings is 1. The van der Waals surface area contributed by atoms with E-state index in [2.05, 4.69) is 21.2 Å². The number of anilines is 1. The van der Waals surface area contributed by atoms with Gasteiger partial charge in [0.05, 0.1) is 5.54 Å². The van der Waals surface area contributed by atoms with Crippen molar-refractivity contribution in [2.24, 2.45) is 5.92 Å². The summed E-state index contributed by atoms with van der Waals surface area (Å²) in [5, 5.41) is 2.84. The molecule has 2 heterocycles. The van der Waals surface area contributed by atoms with E-state index in [9.17, 15) is 9.59 Å². The Labute approximate surface area is 175 Å². The quantitative estimate of drug-likeness (QED) is 0.464. The fourth-order valence-corrected chi connectivity index (χ4v) is 3.58. The first kappa shape index (κ1) is 20.8. The predicted octanol–water partition coefficient (Wildman–Crippen LogP) is 3.37. The van der Waals surface area contributed by atoms with E-state index >= 15 is 0 Å². The third kappa shape index (κ3) is 4.75. The zero-order valence-corrected chi connectivity index (χ0v) is 17.2. The Bertz CT molecular complexity index is 945. The molecule has 0 spiro atoms. The largest absolute Gasteiger partial charge is 0.356 e. The number of rotatable bonds is 5. The van der Waals surface area contributed by atoms with Gasteiger partial charge in [-0.05, 0) is 26.7 Å². The van der Waals surface area contributed by atoms with Crippen LogP contribution in [0.5, 0.6) is 0 Å². The van der Waals surface area contributed by atoms with Crippen LogP contribution in [0, 0.1) is 18.3 Å². The van der Waals surface area contributed by atoms with Crippen LogP contribution in [0.15, 0.2) is 36.7 Å². The number of nitrogens with zero attached hydrogens (tertiary/aromatic N) is 3. The van der Waals surface area contributed by atoms with Gasteiger partial charge in [-0.3, -0.25) is 9.59 Å². The number of piperidine rings is 1. The molecule has 150 valence electrons. The molecule has 1 amide bonds. The number of ketones is 1. The number of hydrogen-bond donors (Lipinski definition) is 1. The average molecular weight is 411 g/mol. The van der Waals surface area contributed by atoms with Crippen LogP contribution in [-0.2, 0) is 0 Å². The summed E-state index contributed by atoms with van der Waals surface area (Å²) in [6.45, 7) is 4.64. The first-order valence-corrected chi connectivity index (χ1v) is 9.85. The summed E-state index contributed by atoms with van der Waals surface area (Å²) in [6.07, 6.45) is 8.15. The smallest absolute Gasteiger partial charge is 0.259 e. The molecule has 1 fully saturated rings. The molecule has 1 N–H and O–H groups in total. The molecule has 6 nitrogen and oxygen atoms in total. The summed E-state index contributed by atoms with van der Waals surface area (Å²) in [5.74, 6) is 2.67. The highest BCUT2D eigenvalue weighted by molar-refractivity contribution is 6.33. The second kappa shape index (κ2) is 8.62. The van der Waals surface area contributed by atoms with Crippen molar-refractivity contribution >= 4 is 29.1 Å². The summed E-state index contributed by atoms with van der Waals surface area (Å²) < 4.78 is 0. The molecule has 2 aromatic rings. The van der Waals surface area contributed by atoms with Gasteiger partial charge >= 0.3 is 0 Å². The fourth-order valence-electron chi connectivity index (χ4n) is 3.36. The van der Waals surface area contributed by atoms with E-state index in [-0.39, 0.29) is 22.4 Å². The number of terminal acetylenes is 1. The minimum atomic E-state index is -0.831. The molecule has 29 heavy (non-hydrogen) atoms. The zero-order valence-electron chi connectivity index (χ0n) is 16.5. The molecular weight excluding hydrogens is 388 g/mol. The Hall–Kier alpha value is -2.91. The Morgan fingerprint density at radius 1 is 1.21 bits per heavy atom. The molecular formula is C22H23ClN4O2. The minimum absolute atomic E-state index is 0.0522. The van der Waals surface area contributed by atoms with Gasteiger partial charge in [-0.2, -0.15) is 0 Å². The maximum absolute atomic E-state index is 12.8. The number of halogens is 1. The maximum Gasteiger partial charge on any atom is 0.259 e. The highest BCUT2D eigenvalue weighted by atomic mass is 35.5. The Balaban J connectivity index is 1.76. The van der Waals surface area contributed by atoms with Gasteiger partial charge in [-0.25, -0.2) is 9.97 Å². The molecule has 0 saturated carbocycles. The molecule has 0 unspecified atom stereocenters. The van der Waals surface area contributed by atoms with Crippen LogP contribution in [0.3, 0.4) is 0 Å². The van der Waals surface area contributed by atoms with Crippen LogP contribution in [0.4, 0.5) is 5.82 Å². The molecule has 0 radical (unpaired) electrons. The lowest BCUT2D eigenvalue weighted by atomic mass is 9.89. The summed E-state index contributed by atoms with van der Waals surface area (Å²) in [7, 11) is 0. The van der Waals surface area contributed by atoms with E-state index in [1.807, 2.05) is 35.2 Å². The molecule has 1 saturated heterocycles. The van der Waals surface area contributed by atoms with Crippen LogP contribution < -0.4 is 10.2 Å². The monoisotopic (exact) mass is 410 g/mol. The van der Waals surface area contributed by atoms with Gasteiger partial charge in [-0.1, -0.05) is 47.9 Å². The number of carbonyl (C=O) groups excluding carboxylic acids is 2. The predicted molar refractivity (Wildman–Crippen MR) is 113 cm³/mol. The van der Waals surface area contributed by atoms with Gasteiger partial charge in [0.25, 0.3) is 5.91 Å². The highest BCUT2D eigenvalue weighted by Gasteiger charge is 2.30. The highest BCUT2D eigenvalue weighted by Crippen LogP contribution is 2.29. The van der Waals surface area contributed by atoms with Crippen molar-refractivity contribution in [1.82, 2.24) is 15.3 Å². The number of Topliss-reactive ketones (excluding diaryl/α,β-unsaturated/α-hetero) is 1. The Morgan fingerprint density at radius 2 is 1.86 bits per heavy atom. The van der Waals surface area contributed by atoms with Crippen molar-refractivity contribution in [3.63, 3.8) is 0 Å². The van der Waals surface area contributed by atoms with E-state index in [0.29, 0.717) is 31.7 Å². The van der Waals surface area contributed by atoms with Crippen molar-refractivity contribution in [3.8, 4) is 12.3 Å². The van der Waals surface area contributed by atoms with Crippen LogP contribution >= 0.6 is 11.6 Å². The minimum Gasteiger partial charge on any atom is -0.356 e. The van der Waals surface area contributed by atoms with Crippen molar-refractivity contribution in [2.45, 2.75) is 32.2 Å². The van der Waals surface area contributed by atoms with E-state index < -0.39 is 11.4 Å². The Kier molecular flexibility index (Phi) is 6.19. The van der Waals surface area contributed by atoms with Crippen molar-refractivity contribution in [1.29, 1.82) is 0 Å². The summed E-state index contributed by atoms with van der Waals surface area (Å²) in [6, 6.07) is 9.32. The second-order valence-corrected chi connectivity index (χ2v) is 7.94. The lowest BCUT2D eigenvalue weighted by molar-refractivity contribution is 0.0895. The molecule has 0 aliphatic carbocycles.